The number of Topliss-reactive ketones (excluding diaryl/α,β-unsaturated/α-hetero) is 1. The summed E-state index contributed by atoms with van der Waals surface area (Å²) < 4.78 is 1.77. The SMILES string of the molecule is Cc1cc2ncc3c(n2n1)CC(=O)C(c1ccncc1)=C3. The Bertz CT molecular complexity index is 893. The van der Waals surface area contributed by atoms with Gasteiger partial charge in [-0.05, 0) is 30.7 Å². The Morgan fingerprint density at radius 2 is 2.05 bits per heavy atom. The van der Waals surface area contributed by atoms with Crippen molar-refractivity contribution < 1.29 is 4.79 Å². The van der Waals surface area contributed by atoms with Crippen molar-refractivity contribution in [1.29, 1.82) is 0 Å². The van der Waals surface area contributed by atoms with Crippen LogP contribution in [0.4, 0.5) is 0 Å². The van der Waals surface area contributed by atoms with Gasteiger partial charge in [0, 0.05) is 35.8 Å². The predicted molar refractivity (Wildman–Crippen MR) is 78.5 cm³/mol. The fourth-order valence-electron chi connectivity index (χ4n) is 2.67. The second-order valence-electron chi connectivity index (χ2n) is 5.11. The van der Waals surface area contributed by atoms with Gasteiger partial charge in [-0.3, -0.25) is 9.78 Å². The summed E-state index contributed by atoms with van der Waals surface area (Å²) >= 11 is 0. The van der Waals surface area contributed by atoms with Crippen LogP contribution in [0.2, 0.25) is 0 Å². The lowest BCUT2D eigenvalue weighted by atomic mass is 9.91. The zero-order valence-corrected chi connectivity index (χ0v) is 11.4. The molecule has 0 aromatic carbocycles. The van der Waals surface area contributed by atoms with Crippen LogP contribution >= 0.6 is 0 Å². The lowest BCUT2D eigenvalue weighted by Crippen LogP contribution is -2.16. The highest BCUT2D eigenvalue weighted by Crippen LogP contribution is 2.27. The predicted octanol–water partition coefficient (Wildman–Crippen LogP) is 2.10. The van der Waals surface area contributed by atoms with Crippen molar-refractivity contribution >= 4 is 23.1 Å². The minimum absolute atomic E-state index is 0.0920. The highest BCUT2D eigenvalue weighted by atomic mass is 16.1. The molecule has 0 amide bonds. The molecule has 3 aromatic heterocycles. The molecule has 0 radical (unpaired) electrons. The van der Waals surface area contributed by atoms with Gasteiger partial charge in [-0.25, -0.2) is 9.50 Å². The molecule has 3 aromatic rings. The summed E-state index contributed by atoms with van der Waals surface area (Å²) in [7, 11) is 0. The van der Waals surface area contributed by atoms with Crippen molar-refractivity contribution in [3.05, 3.63) is 59.3 Å². The van der Waals surface area contributed by atoms with Crippen LogP contribution in [0.5, 0.6) is 0 Å². The quantitative estimate of drug-likeness (QED) is 0.683. The van der Waals surface area contributed by atoms with E-state index in [0.717, 1.165) is 28.2 Å². The summed E-state index contributed by atoms with van der Waals surface area (Å²) in [5.74, 6) is 0.0920. The minimum Gasteiger partial charge on any atom is -0.294 e. The van der Waals surface area contributed by atoms with Crippen LogP contribution in [0.1, 0.15) is 22.5 Å². The normalized spacial score (nSPS) is 14.1. The first-order valence-electron chi connectivity index (χ1n) is 6.72. The van der Waals surface area contributed by atoms with E-state index in [2.05, 4.69) is 15.1 Å². The van der Waals surface area contributed by atoms with Crippen molar-refractivity contribution in [2.45, 2.75) is 13.3 Å². The minimum atomic E-state index is 0.0920. The van der Waals surface area contributed by atoms with E-state index in [0.29, 0.717) is 12.0 Å². The van der Waals surface area contributed by atoms with Crippen LogP contribution < -0.4 is 0 Å². The second kappa shape index (κ2) is 4.34. The third-order valence-corrected chi connectivity index (χ3v) is 3.66. The molecule has 0 bridgehead atoms. The van der Waals surface area contributed by atoms with Crippen LogP contribution in [0.15, 0.2) is 36.8 Å². The molecule has 5 heteroatoms. The van der Waals surface area contributed by atoms with E-state index in [1.165, 1.54) is 0 Å². The molecule has 0 fully saturated rings. The van der Waals surface area contributed by atoms with Gasteiger partial charge in [-0.2, -0.15) is 5.10 Å². The Balaban J connectivity index is 1.93. The summed E-state index contributed by atoms with van der Waals surface area (Å²) in [6.07, 6.45) is 7.41. The molecule has 0 spiro atoms. The molecule has 5 nitrogen and oxygen atoms in total. The molecule has 4 rings (SSSR count). The van der Waals surface area contributed by atoms with E-state index in [1.807, 2.05) is 31.2 Å². The number of rotatable bonds is 1. The summed E-state index contributed by atoms with van der Waals surface area (Å²) in [6, 6.07) is 5.60. The monoisotopic (exact) mass is 276 g/mol. The Morgan fingerprint density at radius 1 is 1.24 bits per heavy atom. The topological polar surface area (TPSA) is 60.2 Å². The highest BCUT2D eigenvalue weighted by Gasteiger charge is 2.22. The van der Waals surface area contributed by atoms with Gasteiger partial charge in [-0.15, -0.1) is 0 Å². The van der Waals surface area contributed by atoms with Gasteiger partial charge in [0.15, 0.2) is 11.4 Å². The van der Waals surface area contributed by atoms with E-state index in [9.17, 15) is 4.79 Å². The van der Waals surface area contributed by atoms with Crippen LogP contribution in [-0.2, 0) is 11.2 Å². The van der Waals surface area contributed by atoms with E-state index in [1.54, 1.807) is 23.1 Å². The number of hydrogen-bond acceptors (Lipinski definition) is 4. The molecule has 0 saturated heterocycles. The fraction of sp³-hybridized carbons (Fsp3) is 0.125. The number of aromatic nitrogens is 4. The number of allylic oxidation sites excluding steroid dienone is 1. The Morgan fingerprint density at radius 3 is 2.86 bits per heavy atom. The van der Waals surface area contributed by atoms with Gasteiger partial charge < -0.3 is 0 Å². The van der Waals surface area contributed by atoms with Crippen molar-refractivity contribution in [2.75, 3.05) is 0 Å². The molecule has 0 aliphatic heterocycles. The summed E-state index contributed by atoms with van der Waals surface area (Å²) in [4.78, 5) is 20.8. The summed E-state index contributed by atoms with van der Waals surface area (Å²) in [6.45, 7) is 1.92. The molecule has 0 unspecified atom stereocenters. The van der Waals surface area contributed by atoms with Gasteiger partial charge >= 0.3 is 0 Å². The number of nitrogens with zero attached hydrogens (tertiary/aromatic N) is 4. The highest BCUT2D eigenvalue weighted by molar-refractivity contribution is 6.27. The number of ketones is 1. The first kappa shape index (κ1) is 12.0. The number of carbonyl (C=O) groups is 1. The second-order valence-corrected chi connectivity index (χ2v) is 5.11. The Labute approximate surface area is 121 Å². The van der Waals surface area contributed by atoms with Crippen molar-refractivity contribution in [3.8, 4) is 0 Å². The van der Waals surface area contributed by atoms with Crippen LogP contribution in [-0.4, -0.2) is 25.4 Å². The maximum atomic E-state index is 12.5. The van der Waals surface area contributed by atoms with Gasteiger partial charge in [0.2, 0.25) is 0 Å². The number of pyridine rings is 1. The van der Waals surface area contributed by atoms with E-state index in [4.69, 9.17) is 0 Å². The zero-order valence-electron chi connectivity index (χ0n) is 11.4. The molecule has 1 aliphatic carbocycles. The van der Waals surface area contributed by atoms with Gasteiger partial charge in [0.05, 0.1) is 17.8 Å². The molecular weight excluding hydrogens is 264 g/mol. The molecule has 0 saturated carbocycles. The average Bonchev–Trinajstić information content (AvgIpc) is 2.88. The first-order chi connectivity index (χ1) is 10.2. The van der Waals surface area contributed by atoms with Crippen molar-refractivity contribution in [1.82, 2.24) is 19.6 Å². The smallest absolute Gasteiger partial charge is 0.169 e. The molecule has 0 N–H and O–H groups in total. The van der Waals surface area contributed by atoms with Gasteiger partial charge in [0.25, 0.3) is 0 Å². The van der Waals surface area contributed by atoms with Gasteiger partial charge in [0.1, 0.15) is 0 Å². The molecular formula is C16H12N4O. The number of hydrogen-bond donors (Lipinski definition) is 0. The third kappa shape index (κ3) is 1.86. The molecule has 0 atom stereocenters. The largest absolute Gasteiger partial charge is 0.294 e. The molecule has 3 heterocycles. The lowest BCUT2D eigenvalue weighted by Gasteiger charge is -2.16. The van der Waals surface area contributed by atoms with Crippen LogP contribution in [0, 0.1) is 6.92 Å². The summed E-state index contributed by atoms with van der Waals surface area (Å²) in [5.41, 5.74) is 5.10. The molecule has 1 aliphatic rings. The Hall–Kier alpha value is -2.82. The number of fused-ring (bicyclic) bond motifs is 3. The van der Waals surface area contributed by atoms with Crippen LogP contribution in [0.25, 0.3) is 17.3 Å². The fourth-order valence-corrected chi connectivity index (χ4v) is 2.67. The zero-order chi connectivity index (χ0) is 14.4. The number of carbonyl (C=O) groups excluding carboxylic acids is 1. The van der Waals surface area contributed by atoms with E-state index >= 15 is 0 Å². The summed E-state index contributed by atoms with van der Waals surface area (Å²) in [5, 5.41) is 4.42. The third-order valence-electron chi connectivity index (χ3n) is 3.66. The maximum Gasteiger partial charge on any atom is 0.169 e. The van der Waals surface area contributed by atoms with E-state index in [-0.39, 0.29) is 5.78 Å². The van der Waals surface area contributed by atoms with E-state index < -0.39 is 0 Å². The standard InChI is InChI=1S/C16H12N4O/c1-10-6-16-18-9-12-7-13(11-2-4-17-5-3-11)15(21)8-14(12)20(16)19-10/h2-7,9H,8H2,1H3. The first-order valence-corrected chi connectivity index (χ1v) is 6.72. The molecule has 102 valence electrons. The van der Waals surface area contributed by atoms with Gasteiger partial charge in [-0.1, -0.05) is 0 Å². The lowest BCUT2D eigenvalue weighted by molar-refractivity contribution is -0.113. The average molecular weight is 276 g/mol. The number of aryl methyl sites for hydroxylation is 1. The van der Waals surface area contributed by atoms with Crippen molar-refractivity contribution in [3.63, 3.8) is 0 Å². The van der Waals surface area contributed by atoms with Crippen LogP contribution in [0.3, 0.4) is 0 Å². The molecule has 21 heavy (non-hydrogen) atoms. The maximum absolute atomic E-state index is 12.5. The Kier molecular flexibility index (Phi) is 2.47. The van der Waals surface area contributed by atoms with Crippen molar-refractivity contribution in [2.24, 2.45) is 0 Å².